The highest BCUT2D eigenvalue weighted by Gasteiger charge is 2.13. The molecule has 0 bridgehead atoms. The van der Waals surface area contributed by atoms with Crippen LogP contribution in [0.1, 0.15) is 13.3 Å². The highest BCUT2D eigenvalue weighted by Crippen LogP contribution is 2.30. The fourth-order valence-electron chi connectivity index (χ4n) is 0.950. The predicted octanol–water partition coefficient (Wildman–Crippen LogP) is 3.58. The number of hydrogen-bond acceptors (Lipinski definition) is 7. The molecule has 0 radical (unpaired) electrons. The van der Waals surface area contributed by atoms with Crippen LogP contribution in [0.5, 0.6) is 0 Å². The summed E-state index contributed by atoms with van der Waals surface area (Å²) >= 11 is 6.22. The van der Waals surface area contributed by atoms with Gasteiger partial charge in [-0.2, -0.15) is 0 Å². The minimum atomic E-state index is 0.0412. The summed E-state index contributed by atoms with van der Waals surface area (Å²) in [6.07, 6.45) is 4.32. The Morgan fingerprint density at radius 3 is 2.76 bits per heavy atom. The van der Waals surface area contributed by atoms with Gasteiger partial charge in [-0.3, -0.25) is 4.79 Å². The normalized spacial score (nSPS) is 12.4. The molecule has 0 aliphatic heterocycles. The zero-order valence-corrected chi connectivity index (χ0v) is 13.0. The molecule has 1 rings (SSSR count). The number of carbonyl (C=O) groups is 1. The fraction of sp³-hybridized carbons (Fsp3) is 0.500. The van der Waals surface area contributed by atoms with Gasteiger partial charge in [0.2, 0.25) is 5.12 Å². The van der Waals surface area contributed by atoms with Crippen LogP contribution in [0.15, 0.2) is 21.3 Å². The van der Waals surface area contributed by atoms with Crippen LogP contribution in [0.25, 0.3) is 0 Å². The Hall–Kier alpha value is 0.0200. The standard InChI is InChI=1S/C10H14N2OS4/c1-4-7(16-8(13)5-2)6-15-10-12-11-9(14-3)17-10/h5,7H,2,4,6H2,1,3H3. The quantitative estimate of drug-likeness (QED) is 0.566. The number of aromatic nitrogens is 2. The summed E-state index contributed by atoms with van der Waals surface area (Å²) in [4.78, 5) is 11.2. The predicted molar refractivity (Wildman–Crippen MR) is 79.3 cm³/mol. The van der Waals surface area contributed by atoms with Crippen molar-refractivity contribution in [3.05, 3.63) is 12.7 Å². The number of rotatable bonds is 7. The van der Waals surface area contributed by atoms with Gasteiger partial charge in [0.15, 0.2) is 8.68 Å². The Kier molecular flexibility index (Phi) is 7.26. The molecule has 0 aliphatic rings. The molecule has 0 aliphatic carbocycles. The second-order valence-electron chi connectivity index (χ2n) is 3.02. The average Bonchev–Trinajstić information content (AvgIpc) is 2.82. The van der Waals surface area contributed by atoms with Crippen molar-refractivity contribution in [3.8, 4) is 0 Å². The van der Waals surface area contributed by atoms with E-state index in [1.807, 2.05) is 6.26 Å². The van der Waals surface area contributed by atoms with Gasteiger partial charge in [-0.1, -0.05) is 60.1 Å². The van der Waals surface area contributed by atoms with E-state index in [4.69, 9.17) is 0 Å². The second kappa shape index (κ2) is 8.18. The lowest BCUT2D eigenvalue weighted by atomic mass is 10.4. The third-order valence-corrected chi connectivity index (χ3v) is 6.50. The number of nitrogens with zero attached hydrogens (tertiary/aromatic N) is 2. The van der Waals surface area contributed by atoms with Crippen molar-refractivity contribution in [2.75, 3.05) is 12.0 Å². The molecule has 94 valence electrons. The monoisotopic (exact) mass is 306 g/mol. The summed E-state index contributed by atoms with van der Waals surface area (Å²) in [5, 5.41) is 8.48. The molecule has 0 amide bonds. The molecule has 1 atom stereocenters. The van der Waals surface area contributed by atoms with E-state index in [1.54, 1.807) is 34.9 Å². The lowest BCUT2D eigenvalue weighted by Gasteiger charge is -2.10. The third kappa shape index (κ3) is 5.46. The SMILES string of the molecule is C=CC(=O)SC(CC)CSc1nnc(SC)s1. The first-order chi connectivity index (χ1) is 8.19. The molecule has 7 heteroatoms. The van der Waals surface area contributed by atoms with Crippen molar-refractivity contribution >= 4 is 51.7 Å². The molecule has 17 heavy (non-hydrogen) atoms. The summed E-state index contributed by atoms with van der Waals surface area (Å²) in [5.74, 6) is 0.879. The number of carbonyl (C=O) groups excluding carboxylic acids is 1. The van der Waals surface area contributed by atoms with Crippen molar-refractivity contribution in [1.82, 2.24) is 10.2 Å². The largest absolute Gasteiger partial charge is 0.282 e. The number of hydrogen-bond donors (Lipinski definition) is 0. The third-order valence-electron chi connectivity index (χ3n) is 1.86. The van der Waals surface area contributed by atoms with Gasteiger partial charge in [0, 0.05) is 11.0 Å². The molecular weight excluding hydrogens is 292 g/mol. The molecule has 1 aromatic heterocycles. The maximum Gasteiger partial charge on any atom is 0.211 e. The molecule has 0 N–H and O–H groups in total. The van der Waals surface area contributed by atoms with E-state index in [9.17, 15) is 4.79 Å². The Bertz CT molecular complexity index is 380. The van der Waals surface area contributed by atoms with Crippen LogP contribution in [-0.4, -0.2) is 32.6 Å². The Morgan fingerprint density at radius 2 is 2.24 bits per heavy atom. The summed E-state index contributed by atoms with van der Waals surface area (Å²) in [7, 11) is 0. The molecule has 0 aromatic carbocycles. The lowest BCUT2D eigenvalue weighted by Crippen LogP contribution is -2.07. The first kappa shape index (κ1) is 15.1. The molecule has 0 fully saturated rings. The summed E-state index contributed by atoms with van der Waals surface area (Å²) in [6, 6.07) is 0. The van der Waals surface area contributed by atoms with Crippen LogP contribution in [0.4, 0.5) is 0 Å². The first-order valence-corrected chi connectivity index (χ1v) is 8.93. The minimum Gasteiger partial charge on any atom is -0.282 e. The van der Waals surface area contributed by atoms with Gasteiger partial charge < -0.3 is 0 Å². The van der Waals surface area contributed by atoms with Crippen LogP contribution in [0.3, 0.4) is 0 Å². The maximum absolute atomic E-state index is 11.2. The van der Waals surface area contributed by atoms with Crippen LogP contribution < -0.4 is 0 Å². The second-order valence-corrected chi connectivity index (χ2v) is 7.62. The zero-order chi connectivity index (χ0) is 12.7. The van der Waals surface area contributed by atoms with Gasteiger partial charge in [-0.15, -0.1) is 10.2 Å². The van der Waals surface area contributed by atoms with Gasteiger partial charge in [-0.05, 0) is 18.8 Å². The van der Waals surface area contributed by atoms with Crippen molar-refractivity contribution in [2.24, 2.45) is 0 Å². The highest BCUT2D eigenvalue weighted by molar-refractivity contribution is 8.15. The molecule has 1 aromatic rings. The van der Waals surface area contributed by atoms with Gasteiger partial charge in [0.05, 0.1) is 0 Å². The van der Waals surface area contributed by atoms with Crippen LogP contribution in [0.2, 0.25) is 0 Å². The van der Waals surface area contributed by atoms with E-state index in [0.717, 1.165) is 20.9 Å². The van der Waals surface area contributed by atoms with E-state index in [1.165, 1.54) is 17.8 Å². The molecule has 0 saturated heterocycles. The topological polar surface area (TPSA) is 42.9 Å². The lowest BCUT2D eigenvalue weighted by molar-refractivity contribution is -0.107. The zero-order valence-electron chi connectivity index (χ0n) is 9.71. The number of thioether (sulfide) groups is 3. The van der Waals surface area contributed by atoms with Gasteiger partial charge in [0.25, 0.3) is 0 Å². The first-order valence-electron chi connectivity index (χ1n) is 5.03. The van der Waals surface area contributed by atoms with Crippen molar-refractivity contribution in [3.63, 3.8) is 0 Å². The average molecular weight is 307 g/mol. The summed E-state index contributed by atoms with van der Waals surface area (Å²) in [6.45, 7) is 5.57. The van der Waals surface area contributed by atoms with Gasteiger partial charge in [-0.25, -0.2) is 0 Å². The van der Waals surface area contributed by atoms with Crippen molar-refractivity contribution in [2.45, 2.75) is 27.3 Å². The Labute approximate surface area is 118 Å². The van der Waals surface area contributed by atoms with Gasteiger partial charge in [0.1, 0.15) is 0 Å². The van der Waals surface area contributed by atoms with E-state index >= 15 is 0 Å². The van der Waals surface area contributed by atoms with E-state index < -0.39 is 0 Å². The minimum absolute atomic E-state index is 0.0412. The highest BCUT2D eigenvalue weighted by atomic mass is 32.2. The van der Waals surface area contributed by atoms with E-state index in [2.05, 4.69) is 23.7 Å². The molecule has 1 unspecified atom stereocenters. The van der Waals surface area contributed by atoms with Crippen molar-refractivity contribution < 1.29 is 4.79 Å². The maximum atomic E-state index is 11.2. The molecular formula is C10H14N2OS4. The molecule has 0 saturated carbocycles. The van der Waals surface area contributed by atoms with Crippen LogP contribution in [0, 0.1) is 0 Å². The molecule has 1 heterocycles. The molecule has 3 nitrogen and oxygen atoms in total. The van der Waals surface area contributed by atoms with Crippen molar-refractivity contribution in [1.29, 1.82) is 0 Å². The van der Waals surface area contributed by atoms with Crippen LogP contribution in [-0.2, 0) is 4.79 Å². The van der Waals surface area contributed by atoms with Crippen LogP contribution >= 0.6 is 46.6 Å². The van der Waals surface area contributed by atoms with Gasteiger partial charge >= 0.3 is 0 Å². The van der Waals surface area contributed by atoms with E-state index in [0.29, 0.717) is 5.25 Å². The summed E-state index contributed by atoms with van der Waals surface area (Å²) in [5.41, 5.74) is 0. The summed E-state index contributed by atoms with van der Waals surface area (Å²) < 4.78 is 1.95. The molecule has 0 spiro atoms. The Balaban J connectivity index is 2.41. The Morgan fingerprint density at radius 1 is 1.53 bits per heavy atom. The van der Waals surface area contributed by atoms with E-state index in [-0.39, 0.29) is 5.12 Å². The smallest absolute Gasteiger partial charge is 0.211 e. The fourth-order valence-corrected chi connectivity index (χ4v) is 4.52.